The van der Waals surface area contributed by atoms with Gasteiger partial charge in [0.05, 0.1) is 0 Å². The third-order valence-corrected chi connectivity index (χ3v) is 4.86. The molecule has 2 rings (SSSR count). The molecular formula is C14H20ClNS. The molecule has 1 aliphatic heterocycles. The van der Waals surface area contributed by atoms with Gasteiger partial charge in [-0.3, -0.25) is 0 Å². The maximum atomic E-state index is 5.99. The highest BCUT2D eigenvalue weighted by Gasteiger charge is 2.31. The molecule has 1 atom stereocenters. The third-order valence-electron chi connectivity index (χ3n) is 3.56. The molecule has 1 aliphatic rings. The summed E-state index contributed by atoms with van der Waals surface area (Å²) in [6.45, 7) is 5.64. The number of halogens is 1. The average Bonchev–Trinajstić information content (AvgIpc) is 2.27. The fourth-order valence-corrected chi connectivity index (χ4v) is 4.01. The van der Waals surface area contributed by atoms with Crippen LogP contribution < -0.4 is 5.32 Å². The minimum absolute atomic E-state index is 0.407. The predicted molar refractivity (Wildman–Crippen MR) is 77.8 cm³/mol. The van der Waals surface area contributed by atoms with Crippen LogP contribution in [-0.2, 0) is 6.54 Å². The van der Waals surface area contributed by atoms with E-state index in [1.165, 1.54) is 23.5 Å². The predicted octanol–water partition coefficient (Wildman–Crippen LogP) is 3.96. The molecule has 1 aromatic rings. The van der Waals surface area contributed by atoms with E-state index in [2.05, 4.69) is 37.0 Å². The van der Waals surface area contributed by atoms with Gasteiger partial charge in [-0.2, -0.15) is 11.8 Å². The molecule has 3 heteroatoms. The van der Waals surface area contributed by atoms with E-state index in [0.29, 0.717) is 11.5 Å². The van der Waals surface area contributed by atoms with Crippen molar-refractivity contribution in [1.29, 1.82) is 0 Å². The van der Waals surface area contributed by atoms with Gasteiger partial charge in [-0.25, -0.2) is 0 Å². The fraction of sp³-hybridized carbons (Fsp3) is 0.571. The van der Waals surface area contributed by atoms with Crippen molar-refractivity contribution in [3.63, 3.8) is 0 Å². The topological polar surface area (TPSA) is 12.0 Å². The van der Waals surface area contributed by atoms with Gasteiger partial charge in [0.2, 0.25) is 0 Å². The van der Waals surface area contributed by atoms with E-state index in [1.54, 1.807) is 0 Å². The van der Waals surface area contributed by atoms with Crippen LogP contribution in [-0.4, -0.2) is 17.5 Å². The zero-order chi connectivity index (χ0) is 12.3. The highest BCUT2D eigenvalue weighted by Crippen LogP contribution is 2.34. The van der Waals surface area contributed by atoms with E-state index in [9.17, 15) is 0 Å². The third kappa shape index (κ3) is 3.64. The second kappa shape index (κ2) is 5.64. The summed E-state index contributed by atoms with van der Waals surface area (Å²) in [5.41, 5.74) is 1.67. The number of thioether (sulfide) groups is 1. The van der Waals surface area contributed by atoms with Gasteiger partial charge in [0, 0.05) is 23.4 Å². The minimum atomic E-state index is 0.407. The first kappa shape index (κ1) is 13.3. The van der Waals surface area contributed by atoms with Gasteiger partial charge < -0.3 is 5.32 Å². The van der Waals surface area contributed by atoms with Crippen molar-refractivity contribution < 1.29 is 0 Å². The molecule has 1 N–H and O–H groups in total. The molecule has 1 saturated heterocycles. The van der Waals surface area contributed by atoms with Crippen LogP contribution in [0.1, 0.15) is 25.8 Å². The maximum absolute atomic E-state index is 5.99. The molecule has 0 saturated carbocycles. The molecule has 1 heterocycles. The van der Waals surface area contributed by atoms with Gasteiger partial charge in [-0.15, -0.1) is 0 Å². The van der Waals surface area contributed by atoms with Crippen LogP contribution >= 0.6 is 23.4 Å². The average molecular weight is 270 g/mol. The Hall–Kier alpha value is -0.180. The molecule has 0 amide bonds. The number of benzene rings is 1. The van der Waals surface area contributed by atoms with Crippen molar-refractivity contribution in [2.75, 3.05) is 11.5 Å². The van der Waals surface area contributed by atoms with Gasteiger partial charge in [-0.1, -0.05) is 37.6 Å². The Morgan fingerprint density at radius 2 is 2.29 bits per heavy atom. The van der Waals surface area contributed by atoms with E-state index in [0.717, 1.165) is 11.6 Å². The zero-order valence-electron chi connectivity index (χ0n) is 10.5. The van der Waals surface area contributed by atoms with E-state index < -0.39 is 0 Å². The SMILES string of the molecule is CC1(C)CCSCC1NCc1cccc(Cl)c1. The van der Waals surface area contributed by atoms with Crippen LogP contribution in [0, 0.1) is 5.41 Å². The van der Waals surface area contributed by atoms with Crippen LogP contribution in [0.25, 0.3) is 0 Å². The Balaban J connectivity index is 1.93. The van der Waals surface area contributed by atoms with Gasteiger partial charge in [0.1, 0.15) is 0 Å². The lowest BCUT2D eigenvalue weighted by Crippen LogP contribution is -2.46. The number of nitrogens with one attached hydrogen (secondary N) is 1. The summed E-state index contributed by atoms with van der Waals surface area (Å²) in [4.78, 5) is 0. The summed E-state index contributed by atoms with van der Waals surface area (Å²) in [6.07, 6.45) is 1.30. The van der Waals surface area contributed by atoms with Crippen molar-refractivity contribution in [1.82, 2.24) is 5.32 Å². The molecule has 1 nitrogen and oxygen atoms in total. The summed E-state index contributed by atoms with van der Waals surface area (Å²) in [5.74, 6) is 2.51. The van der Waals surface area contributed by atoms with Gasteiger partial charge >= 0.3 is 0 Å². The van der Waals surface area contributed by atoms with Gasteiger partial charge in [-0.05, 0) is 35.3 Å². The van der Waals surface area contributed by atoms with E-state index in [1.807, 2.05) is 18.2 Å². The number of hydrogen-bond acceptors (Lipinski definition) is 2. The molecule has 94 valence electrons. The maximum Gasteiger partial charge on any atom is 0.0409 e. The molecule has 0 aromatic heterocycles. The monoisotopic (exact) mass is 269 g/mol. The molecule has 0 aliphatic carbocycles. The normalized spacial score (nSPS) is 23.6. The largest absolute Gasteiger partial charge is 0.309 e. The quantitative estimate of drug-likeness (QED) is 0.891. The lowest BCUT2D eigenvalue weighted by atomic mass is 9.82. The summed E-state index contributed by atoms with van der Waals surface area (Å²) in [5, 5.41) is 4.50. The molecule has 0 bridgehead atoms. The smallest absolute Gasteiger partial charge is 0.0409 e. The highest BCUT2D eigenvalue weighted by molar-refractivity contribution is 7.99. The Kier molecular flexibility index (Phi) is 4.40. The molecule has 0 spiro atoms. The molecule has 1 fully saturated rings. The lowest BCUT2D eigenvalue weighted by Gasteiger charge is -2.39. The second-order valence-corrected chi connectivity index (χ2v) is 6.96. The lowest BCUT2D eigenvalue weighted by molar-refractivity contribution is 0.245. The van der Waals surface area contributed by atoms with Crippen LogP contribution in [0.3, 0.4) is 0 Å². The highest BCUT2D eigenvalue weighted by atomic mass is 35.5. The van der Waals surface area contributed by atoms with Crippen LogP contribution in [0.4, 0.5) is 0 Å². The Labute approximate surface area is 113 Å². The summed E-state index contributed by atoms with van der Waals surface area (Å²) < 4.78 is 0. The molecular weight excluding hydrogens is 250 g/mol. The van der Waals surface area contributed by atoms with Gasteiger partial charge in [0.15, 0.2) is 0 Å². The minimum Gasteiger partial charge on any atom is -0.309 e. The van der Waals surface area contributed by atoms with Crippen LogP contribution in [0.5, 0.6) is 0 Å². The first-order chi connectivity index (χ1) is 8.08. The standard InChI is InChI=1S/C14H20ClNS/c1-14(2)6-7-17-10-13(14)16-9-11-4-3-5-12(15)8-11/h3-5,8,13,16H,6-7,9-10H2,1-2H3. The van der Waals surface area contributed by atoms with E-state index in [-0.39, 0.29) is 0 Å². The zero-order valence-corrected chi connectivity index (χ0v) is 12.1. The fourth-order valence-electron chi connectivity index (χ4n) is 2.16. The summed E-state index contributed by atoms with van der Waals surface area (Å²) in [7, 11) is 0. The van der Waals surface area contributed by atoms with Crippen molar-refractivity contribution in [3.8, 4) is 0 Å². The Morgan fingerprint density at radius 3 is 3.00 bits per heavy atom. The van der Waals surface area contributed by atoms with E-state index in [4.69, 9.17) is 11.6 Å². The molecule has 0 radical (unpaired) electrons. The first-order valence-electron chi connectivity index (χ1n) is 6.13. The molecule has 17 heavy (non-hydrogen) atoms. The van der Waals surface area contributed by atoms with Crippen LogP contribution in [0.2, 0.25) is 5.02 Å². The Morgan fingerprint density at radius 1 is 1.47 bits per heavy atom. The van der Waals surface area contributed by atoms with Crippen molar-refractivity contribution in [3.05, 3.63) is 34.9 Å². The summed E-state index contributed by atoms with van der Waals surface area (Å²) >= 11 is 8.05. The van der Waals surface area contributed by atoms with Crippen molar-refractivity contribution >= 4 is 23.4 Å². The van der Waals surface area contributed by atoms with Crippen molar-refractivity contribution in [2.24, 2.45) is 5.41 Å². The number of hydrogen-bond donors (Lipinski definition) is 1. The van der Waals surface area contributed by atoms with Gasteiger partial charge in [0.25, 0.3) is 0 Å². The van der Waals surface area contributed by atoms with Crippen LogP contribution in [0.15, 0.2) is 24.3 Å². The van der Waals surface area contributed by atoms with E-state index >= 15 is 0 Å². The van der Waals surface area contributed by atoms with Crippen molar-refractivity contribution in [2.45, 2.75) is 32.9 Å². The molecule has 1 unspecified atom stereocenters. The Bertz CT molecular complexity index is 378. The summed E-state index contributed by atoms with van der Waals surface area (Å²) in [6, 6.07) is 8.70. The second-order valence-electron chi connectivity index (χ2n) is 5.38. The first-order valence-corrected chi connectivity index (χ1v) is 7.67. The molecule has 1 aromatic carbocycles. The number of rotatable bonds is 3.